The molecule has 4 aromatic heterocycles. The number of aromatic nitrogens is 7. The van der Waals surface area contributed by atoms with Crippen LogP contribution in [0.4, 0.5) is 16.0 Å². The molecule has 3 saturated heterocycles. The van der Waals surface area contributed by atoms with Gasteiger partial charge in [-0.3, -0.25) is 32.5 Å². The molecular formula is C22H26FN9O12P2. The van der Waals surface area contributed by atoms with E-state index in [2.05, 4.69) is 24.9 Å². The van der Waals surface area contributed by atoms with Crippen LogP contribution < -0.4 is 17.0 Å². The van der Waals surface area contributed by atoms with Crippen LogP contribution in [0.5, 0.6) is 0 Å². The van der Waals surface area contributed by atoms with E-state index in [1.165, 1.54) is 23.2 Å². The monoisotopic (exact) mass is 689 g/mol. The van der Waals surface area contributed by atoms with E-state index in [4.69, 9.17) is 39.2 Å². The third kappa shape index (κ3) is 5.50. The number of anilines is 2. The zero-order valence-electron chi connectivity index (χ0n) is 23.2. The largest absolute Gasteiger partial charge is 0.472 e. The number of hydrogen-bond donors (Lipinski definition) is 6. The Balaban J connectivity index is 1.18. The van der Waals surface area contributed by atoms with Gasteiger partial charge in [0, 0.05) is 6.20 Å². The molecule has 3 fully saturated rings. The highest BCUT2D eigenvalue weighted by atomic mass is 31.2. The second-order valence-corrected chi connectivity index (χ2v) is 13.8. The second-order valence-electron chi connectivity index (χ2n) is 10.6. The fraction of sp³-hybridized carbons (Fsp3) is 0.500. The number of nitrogens with zero attached hydrogens (tertiary/aromatic N) is 6. The van der Waals surface area contributed by atoms with Crippen molar-refractivity contribution in [2.24, 2.45) is 0 Å². The number of alkyl halides is 1. The number of phosphoric acid groups is 1. The van der Waals surface area contributed by atoms with Crippen molar-refractivity contribution >= 4 is 49.4 Å². The molecule has 0 aliphatic carbocycles. The van der Waals surface area contributed by atoms with Crippen LogP contribution in [-0.4, -0.2) is 105 Å². The van der Waals surface area contributed by atoms with Gasteiger partial charge in [0.2, 0.25) is 5.95 Å². The first-order valence-corrected chi connectivity index (χ1v) is 16.7. The second kappa shape index (κ2) is 11.4. The normalized spacial score (nSPS) is 37.4. The van der Waals surface area contributed by atoms with Gasteiger partial charge in [0.15, 0.2) is 35.4 Å². The third-order valence-electron chi connectivity index (χ3n) is 7.60. The summed E-state index contributed by atoms with van der Waals surface area (Å²) in [5, 5.41) is 11.1. The highest BCUT2D eigenvalue weighted by Crippen LogP contribution is 2.52. The Morgan fingerprint density at radius 1 is 0.957 bits per heavy atom. The van der Waals surface area contributed by atoms with E-state index < -0.39 is 89.7 Å². The summed E-state index contributed by atoms with van der Waals surface area (Å²) in [6.45, 7) is -1.61. The van der Waals surface area contributed by atoms with Crippen LogP contribution >= 0.6 is 15.4 Å². The molecule has 46 heavy (non-hydrogen) atoms. The van der Waals surface area contributed by atoms with Gasteiger partial charge >= 0.3 is 15.4 Å². The van der Waals surface area contributed by atoms with Gasteiger partial charge < -0.3 is 45.1 Å². The van der Waals surface area contributed by atoms with Crippen molar-refractivity contribution in [3.63, 3.8) is 0 Å². The van der Waals surface area contributed by atoms with Gasteiger partial charge in [-0.2, -0.15) is 4.98 Å². The number of H-pyrrole nitrogens is 1. The van der Waals surface area contributed by atoms with E-state index in [0.29, 0.717) is 11.2 Å². The van der Waals surface area contributed by atoms with Gasteiger partial charge in [0.1, 0.15) is 42.4 Å². The molecule has 10 atom stereocenters. The average molecular weight is 689 g/mol. The maximum atomic E-state index is 16.0. The molecule has 24 heteroatoms. The molecule has 4 unspecified atom stereocenters. The number of phosphoric ester groups is 1. The van der Waals surface area contributed by atoms with Crippen LogP contribution in [0, 0.1) is 0 Å². The van der Waals surface area contributed by atoms with Gasteiger partial charge in [-0.25, -0.2) is 23.9 Å². The highest BCUT2D eigenvalue weighted by molar-refractivity contribution is 7.52. The van der Waals surface area contributed by atoms with Crippen molar-refractivity contribution < 1.29 is 56.2 Å². The van der Waals surface area contributed by atoms with E-state index in [1.807, 2.05) is 0 Å². The van der Waals surface area contributed by atoms with Crippen molar-refractivity contribution in [2.75, 3.05) is 31.0 Å². The van der Waals surface area contributed by atoms with Crippen LogP contribution in [0.15, 0.2) is 29.7 Å². The number of hydrogen-bond acceptors (Lipinski definition) is 16. The maximum Gasteiger partial charge on any atom is 0.472 e. The Morgan fingerprint density at radius 2 is 1.65 bits per heavy atom. The molecule has 0 amide bonds. The standard InChI is InChI=1S/C22H26FN9O12P2/c23-11-15-10(43-20(11)32-6-28-13-18(32)29-22(25)30-19(13)34)4-40-45(35,36)7-39-16-14(33)9(3-41-46(37,38)44-15)42-21(16)31-5-27-12-8(24)1-2-26-17(12)31/h1-2,5-6,9-11,14-16,20-21,33H,3-4,7H2,(H2,24,26)(H,35,36)(H,37,38)(H3,25,29,30,34)/t9-,10-,11?,14+,15+,16?,20-,21-/m1/s1. The van der Waals surface area contributed by atoms with Gasteiger partial charge in [0.25, 0.3) is 5.56 Å². The predicted octanol–water partition coefficient (Wildman–Crippen LogP) is -0.717. The summed E-state index contributed by atoms with van der Waals surface area (Å²) in [7, 11) is -9.83. The number of nitrogens with two attached hydrogens (primary N) is 2. The summed E-state index contributed by atoms with van der Waals surface area (Å²) in [5.74, 6) is -0.303. The summed E-state index contributed by atoms with van der Waals surface area (Å²) in [4.78, 5) is 51.9. The van der Waals surface area contributed by atoms with Gasteiger partial charge in [-0.1, -0.05) is 0 Å². The van der Waals surface area contributed by atoms with Crippen molar-refractivity contribution in [2.45, 2.75) is 49.1 Å². The lowest BCUT2D eigenvalue weighted by Gasteiger charge is -2.26. The van der Waals surface area contributed by atoms with E-state index in [-0.39, 0.29) is 22.8 Å². The number of nitrogens with one attached hydrogen (secondary N) is 1. The Hall–Kier alpha value is -3.40. The molecular weight excluding hydrogens is 663 g/mol. The first-order chi connectivity index (χ1) is 21.8. The number of ether oxygens (including phenoxy) is 3. The number of aliphatic hydroxyl groups is 1. The first-order valence-electron chi connectivity index (χ1n) is 13.5. The number of aromatic amines is 1. The zero-order chi connectivity index (χ0) is 32.5. The van der Waals surface area contributed by atoms with Crippen molar-refractivity contribution in [1.29, 1.82) is 0 Å². The predicted molar refractivity (Wildman–Crippen MR) is 149 cm³/mol. The van der Waals surface area contributed by atoms with Crippen molar-refractivity contribution in [1.82, 2.24) is 34.1 Å². The summed E-state index contributed by atoms with van der Waals surface area (Å²) >= 11 is 0. The van der Waals surface area contributed by atoms with Crippen LogP contribution in [0.1, 0.15) is 12.5 Å². The molecule has 8 N–H and O–H groups in total. The smallest absolute Gasteiger partial charge is 0.397 e. The first kappa shape index (κ1) is 31.2. The van der Waals surface area contributed by atoms with Gasteiger partial charge in [-0.15, -0.1) is 0 Å². The molecule has 248 valence electrons. The van der Waals surface area contributed by atoms with Crippen molar-refractivity contribution in [3.8, 4) is 0 Å². The number of imidazole rings is 2. The number of fused-ring (bicyclic) bond motifs is 5. The molecule has 0 spiro atoms. The third-order valence-corrected chi connectivity index (χ3v) is 9.61. The molecule has 7 rings (SSSR count). The van der Waals surface area contributed by atoms with Gasteiger partial charge in [-0.05, 0) is 6.07 Å². The SMILES string of the molecule is Nc1nc2c(ncn2[C@@H]2O[C@@H]3COP(=O)(O)COC4[C@@H](O)[C@@H](COP(=O)(O)O[C@@H]3C2F)O[C@H]4n2cnc3c(N)ccnc32)c(=O)[nH]1. The van der Waals surface area contributed by atoms with Crippen LogP contribution in [0.3, 0.4) is 0 Å². The fourth-order valence-corrected chi connectivity index (χ4v) is 7.24. The molecule has 0 radical (unpaired) electrons. The summed E-state index contributed by atoms with van der Waals surface area (Å²) in [6, 6.07) is 1.52. The van der Waals surface area contributed by atoms with E-state index in [0.717, 1.165) is 10.9 Å². The summed E-state index contributed by atoms with van der Waals surface area (Å²) < 4.78 is 77.1. The lowest BCUT2D eigenvalue weighted by molar-refractivity contribution is -0.0640. The lowest BCUT2D eigenvalue weighted by Crippen LogP contribution is -2.37. The van der Waals surface area contributed by atoms with Gasteiger partial charge in [0.05, 0.1) is 31.6 Å². The fourth-order valence-electron chi connectivity index (χ4n) is 5.47. The minimum absolute atomic E-state index is 0.176. The molecule has 0 aromatic carbocycles. The Morgan fingerprint density at radius 3 is 2.43 bits per heavy atom. The highest BCUT2D eigenvalue weighted by Gasteiger charge is 2.53. The molecule has 3 aliphatic rings. The maximum absolute atomic E-state index is 16.0. The molecule has 7 heterocycles. The minimum Gasteiger partial charge on any atom is -0.397 e. The number of aliphatic hydroxyl groups excluding tert-OH is 1. The number of rotatable bonds is 2. The molecule has 0 saturated carbocycles. The van der Waals surface area contributed by atoms with E-state index >= 15 is 4.39 Å². The Bertz CT molecular complexity index is 1960. The Labute approximate surface area is 255 Å². The molecule has 21 nitrogen and oxygen atoms in total. The van der Waals surface area contributed by atoms with E-state index in [9.17, 15) is 28.8 Å². The van der Waals surface area contributed by atoms with Crippen LogP contribution in [0.2, 0.25) is 0 Å². The summed E-state index contributed by atoms with van der Waals surface area (Å²) in [6.07, 6.45) is -10.2. The number of pyridine rings is 1. The van der Waals surface area contributed by atoms with Crippen LogP contribution in [0.25, 0.3) is 22.3 Å². The molecule has 4 aromatic rings. The zero-order valence-corrected chi connectivity index (χ0v) is 25.0. The summed E-state index contributed by atoms with van der Waals surface area (Å²) in [5.41, 5.74) is 11.3. The molecule has 2 bridgehead atoms. The molecule has 3 aliphatic heterocycles. The average Bonchev–Trinajstić information content (AvgIpc) is 3.75. The number of halogens is 1. The topological polar surface area (TPSA) is 297 Å². The number of nitrogen functional groups attached to an aromatic ring is 2. The quantitative estimate of drug-likeness (QED) is 0.142. The lowest BCUT2D eigenvalue weighted by atomic mass is 10.1. The van der Waals surface area contributed by atoms with E-state index in [1.54, 1.807) is 0 Å². The minimum atomic E-state index is -5.16. The Kier molecular flexibility index (Phi) is 7.73. The van der Waals surface area contributed by atoms with Crippen molar-refractivity contribution in [3.05, 3.63) is 35.3 Å². The van der Waals surface area contributed by atoms with Crippen LogP contribution in [-0.2, 0) is 36.9 Å².